The molecule has 0 bridgehead atoms. The van der Waals surface area contributed by atoms with E-state index in [2.05, 4.69) is 38.2 Å². The molecule has 21 heavy (non-hydrogen) atoms. The Labute approximate surface area is 132 Å². The summed E-state index contributed by atoms with van der Waals surface area (Å²) in [5, 5.41) is 4.00. The molecule has 0 aliphatic heterocycles. The first-order valence-electron chi connectivity index (χ1n) is 7.37. The average Bonchev–Trinajstić information content (AvgIpc) is 2.47. The van der Waals surface area contributed by atoms with Crippen LogP contribution in [0, 0.1) is 0 Å². The van der Waals surface area contributed by atoms with Gasteiger partial charge in [0.2, 0.25) is 0 Å². The fraction of sp³-hybridized carbons (Fsp3) is 0.333. The molecule has 0 fully saturated rings. The zero-order valence-corrected chi connectivity index (χ0v) is 13.6. The molecule has 0 aliphatic carbocycles. The monoisotopic (exact) mass is 303 g/mol. The third-order valence-electron chi connectivity index (χ3n) is 3.37. The Kier molecular flexibility index (Phi) is 5.66. The van der Waals surface area contributed by atoms with Crippen molar-refractivity contribution in [3.05, 3.63) is 58.6 Å². The van der Waals surface area contributed by atoms with Crippen LogP contribution in [0.3, 0.4) is 0 Å². The molecule has 0 radical (unpaired) electrons. The van der Waals surface area contributed by atoms with Gasteiger partial charge in [0, 0.05) is 17.1 Å². The first kappa shape index (κ1) is 15.9. The van der Waals surface area contributed by atoms with E-state index in [0.717, 1.165) is 30.2 Å². The van der Waals surface area contributed by atoms with Gasteiger partial charge >= 0.3 is 0 Å². The van der Waals surface area contributed by atoms with E-state index in [1.807, 2.05) is 30.3 Å². The summed E-state index contributed by atoms with van der Waals surface area (Å²) in [6, 6.07) is 14.0. The average molecular weight is 304 g/mol. The van der Waals surface area contributed by atoms with Crippen molar-refractivity contribution in [2.45, 2.75) is 33.2 Å². The fourth-order valence-corrected chi connectivity index (χ4v) is 2.24. The lowest BCUT2D eigenvalue weighted by molar-refractivity contribution is 0.473. The van der Waals surface area contributed by atoms with Crippen molar-refractivity contribution < 1.29 is 4.74 Å². The Morgan fingerprint density at radius 3 is 2.43 bits per heavy atom. The molecule has 2 rings (SSSR count). The molecule has 0 amide bonds. The Bertz CT molecular complexity index is 578. The van der Waals surface area contributed by atoms with Crippen molar-refractivity contribution >= 4 is 11.6 Å². The van der Waals surface area contributed by atoms with Gasteiger partial charge in [-0.1, -0.05) is 50.6 Å². The normalized spacial score (nSPS) is 10.9. The van der Waals surface area contributed by atoms with E-state index in [1.54, 1.807) is 0 Å². The SMILES string of the molecule is CCNCc1ccc(Cl)cc1Oc1ccc(C(C)C)cc1. The zero-order valence-electron chi connectivity index (χ0n) is 12.8. The number of hydrogen-bond acceptors (Lipinski definition) is 2. The summed E-state index contributed by atoms with van der Waals surface area (Å²) in [5.74, 6) is 2.16. The minimum Gasteiger partial charge on any atom is -0.457 e. The van der Waals surface area contributed by atoms with Gasteiger partial charge in [-0.3, -0.25) is 0 Å². The molecule has 112 valence electrons. The van der Waals surface area contributed by atoms with E-state index >= 15 is 0 Å². The van der Waals surface area contributed by atoms with Crippen LogP contribution >= 0.6 is 11.6 Å². The van der Waals surface area contributed by atoms with Crippen LogP contribution in [0.15, 0.2) is 42.5 Å². The minimum atomic E-state index is 0.523. The number of ether oxygens (including phenoxy) is 1. The van der Waals surface area contributed by atoms with Crippen LogP contribution in [0.4, 0.5) is 0 Å². The van der Waals surface area contributed by atoms with Crippen molar-refractivity contribution in [3.63, 3.8) is 0 Å². The second kappa shape index (κ2) is 7.48. The summed E-state index contributed by atoms with van der Waals surface area (Å²) >= 11 is 6.08. The second-order valence-electron chi connectivity index (χ2n) is 5.36. The van der Waals surface area contributed by atoms with Crippen LogP contribution in [-0.4, -0.2) is 6.54 Å². The molecule has 2 aromatic carbocycles. The number of halogens is 1. The Morgan fingerprint density at radius 2 is 1.81 bits per heavy atom. The molecule has 0 spiro atoms. The number of benzene rings is 2. The maximum Gasteiger partial charge on any atom is 0.133 e. The maximum absolute atomic E-state index is 6.08. The van der Waals surface area contributed by atoms with Gasteiger partial charge in [0.1, 0.15) is 11.5 Å². The molecule has 0 aliphatic rings. The molecule has 2 nitrogen and oxygen atoms in total. The van der Waals surface area contributed by atoms with Gasteiger partial charge in [-0.2, -0.15) is 0 Å². The highest BCUT2D eigenvalue weighted by atomic mass is 35.5. The molecular weight excluding hydrogens is 282 g/mol. The van der Waals surface area contributed by atoms with Crippen molar-refractivity contribution in [1.29, 1.82) is 0 Å². The number of nitrogens with one attached hydrogen (secondary N) is 1. The third-order valence-corrected chi connectivity index (χ3v) is 3.60. The highest BCUT2D eigenvalue weighted by molar-refractivity contribution is 6.30. The van der Waals surface area contributed by atoms with Gasteiger partial charge in [0.25, 0.3) is 0 Å². The molecule has 0 saturated carbocycles. The van der Waals surface area contributed by atoms with E-state index in [4.69, 9.17) is 16.3 Å². The van der Waals surface area contributed by atoms with Crippen LogP contribution in [0.1, 0.15) is 37.8 Å². The molecule has 3 heteroatoms. The summed E-state index contributed by atoms with van der Waals surface area (Å²) in [5.41, 5.74) is 2.41. The van der Waals surface area contributed by atoms with Gasteiger partial charge in [-0.05, 0) is 42.3 Å². The number of rotatable bonds is 6. The Hall–Kier alpha value is -1.51. The lowest BCUT2D eigenvalue weighted by atomic mass is 10.0. The van der Waals surface area contributed by atoms with Gasteiger partial charge < -0.3 is 10.1 Å². The lowest BCUT2D eigenvalue weighted by Gasteiger charge is -2.13. The van der Waals surface area contributed by atoms with E-state index < -0.39 is 0 Å². The third kappa shape index (κ3) is 4.48. The fourth-order valence-electron chi connectivity index (χ4n) is 2.08. The van der Waals surface area contributed by atoms with Crippen molar-refractivity contribution in [1.82, 2.24) is 5.32 Å². The predicted octanol–water partition coefficient (Wildman–Crippen LogP) is 5.37. The van der Waals surface area contributed by atoms with E-state index in [1.165, 1.54) is 5.56 Å². The summed E-state index contributed by atoms with van der Waals surface area (Å²) in [7, 11) is 0. The molecule has 0 unspecified atom stereocenters. The molecule has 0 atom stereocenters. The first-order chi connectivity index (χ1) is 10.1. The van der Waals surface area contributed by atoms with E-state index in [-0.39, 0.29) is 0 Å². The molecule has 0 heterocycles. The number of hydrogen-bond donors (Lipinski definition) is 1. The van der Waals surface area contributed by atoms with Crippen LogP contribution in [-0.2, 0) is 6.54 Å². The summed E-state index contributed by atoms with van der Waals surface area (Å²) in [6.45, 7) is 8.14. The smallest absolute Gasteiger partial charge is 0.133 e. The predicted molar refractivity (Wildman–Crippen MR) is 89.4 cm³/mol. The van der Waals surface area contributed by atoms with Gasteiger partial charge in [0.05, 0.1) is 0 Å². The Morgan fingerprint density at radius 1 is 1.10 bits per heavy atom. The van der Waals surface area contributed by atoms with E-state index in [9.17, 15) is 0 Å². The molecule has 2 aromatic rings. The van der Waals surface area contributed by atoms with Crippen LogP contribution in [0.2, 0.25) is 5.02 Å². The second-order valence-corrected chi connectivity index (χ2v) is 5.79. The van der Waals surface area contributed by atoms with E-state index in [0.29, 0.717) is 10.9 Å². The van der Waals surface area contributed by atoms with Crippen LogP contribution in [0.25, 0.3) is 0 Å². The van der Waals surface area contributed by atoms with Crippen molar-refractivity contribution in [2.24, 2.45) is 0 Å². The maximum atomic E-state index is 6.08. The zero-order chi connectivity index (χ0) is 15.2. The van der Waals surface area contributed by atoms with Crippen LogP contribution in [0.5, 0.6) is 11.5 Å². The summed E-state index contributed by atoms with van der Waals surface area (Å²) in [4.78, 5) is 0. The summed E-state index contributed by atoms with van der Waals surface area (Å²) < 4.78 is 6.00. The van der Waals surface area contributed by atoms with Gasteiger partial charge in [-0.15, -0.1) is 0 Å². The lowest BCUT2D eigenvalue weighted by Crippen LogP contribution is -2.12. The Balaban J connectivity index is 2.19. The van der Waals surface area contributed by atoms with Crippen molar-refractivity contribution in [3.8, 4) is 11.5 Å². The highest BCUT2D eigenvalue weighted by Crippen LogP contribution is 2.29. The molecule has 0 aromatic heterocycles. The molecule has 1 N–H and O–H groups in total. The topological polar surface area (TPSA) is 21.3 Å². The largest absolute Gasteiger partial charge is 0.457 e. The van der Waals surface area contributed by atoms with Gasteiger partial charge in [-0.25, -0.2) is 0 Å². The standard InChI is InChI=1S/C18H22ClNO/c1-4-20-12-15-5-8-16(19)11-18(15)21-17-9-6-14(7-10-17)13(2)3/h5-11,13,20H,4,12H2,1-3H3. The quantitative estimate of drug-likeness (QED) is 0.775. The highest BCUT2D eigenvalue weighted by Gasteiger charge is 2.07. The van der Waals surface area contributed by atoms with Gasteiger partial charge in [0.15, 0.2) is 0 Å². The summed E-state index contributed by atoms with van der Waals surface area (Å²) in [6.07, 6.45) is 0. The van der Waals surface area contributed by atoms with Crippen molar-refractivity contribution in [2.75, 3.05) is 6.54 Å². The molecule has 0 saturated heterocycles. The first-order valence-corrected chi connectivity index (χ1v) is 7.75. The molecular formula is C18H22ClNO. The minimum absolute atomic E-state index is 0.523. The van der Waals surface area contributed by atoms with Crippen LogP contribution < -0.4 is 10.1 Å².